The van der Waals surface area contributed by atoms with E-state index < -0.39 is 17.9 Å². The van der Waals surface area contributed by atoms with Gasteiger partial charge in [-0.3, -0.25) is 14.4 Å². The zero-order chi connectivity index (χ0) is 21.1. The lowest BCUT2D eigenvalue weighted by atomic mass is 9.86. The molecule has 0 bridgehead atoms. The molecule has 154 valence electrons. The monoisotopic (exact) mass is 388 g/mol. The minimum Gasteiger partial charge on any atom is -0.481 e. The van der Waals surface area contributed by atoms with Crippen LogP contribution in [0.2, 0.25) is 0 Å². The average Bonchev–Trinajstić information content (AvgIpc) is 2.64. The summed E-state index contributed by atoms with van der Waals surface area (Å²) in [4.78, 5) is 38.5. The van der Waals surface area contributed by atoms with E-state index in [2.05, 4.69) is 26.1 Å². The molecule has 1 aromatic carbocycles. The van der Waals surface area contributed by atoms with Crippen molar-refractivity contribution in [3.8, 4) is 0 Å². The quantitative estimate of drug-likeness (QED) is 0.812. The minimum atomic E-state index is -0.874. The minimum absolute atomic E-state index is 0.000381. The Morgan fingerprint density at radius 1 is 1.14 bits per heavy atom. The van der Waals surface area contributed by atoms with Gasteiger partial charge in [0.1, 0.15) is 6.04 Å². The van der Waals surface area contributed by atoms with Crippen molar-refractivity contribution < 1.29 is 19.5 Å². The summed E-state index contributed by atoms with van der Waals surface area (Å²) < 4.78 is 0. The van der Waals surface area contributed by atoms with E-state index >= 15 is 0 Å². The molecular formula is C22H32N2O4. The molecule has 1 fully saturated rings. The molecule has 0 radical (unpaired) electrons. The highest BCUT2D eigenvalue weighted by Crippen LogP contribution is 2.23. The molecule has 1 saturated heterocycles. The van der Waals surface area contributed by atoms with E-state index in [4.69, 9.17) is 0 Å². The fraction of sp³-hybridized carbons (Fsp3) is 0.591. The van der Waals surface area contributed by atoms with Crippen molar-refractivity contribution in [3.05, 3.63) is 35.4 Å². The molecule has 2 atom stereocenters. The molecule has 0 spiro atoms. The molecule has 1 heterocycles. The van der Waals surface area contributed by atoms with Gasteiger partial charge in [0.2, 0.25) is 5.91 Å². The Hall–Kier alpha value is -2.37. The second-order valence-corrected chi connectivity index (χ2v) is 8.98. The maximum Gasteiger partial charge on any atom is 0.308 e. The first-order valence-corrected chi connectivity index (χ1v) is 9.93. The average molecular weight is 389 g/mol. The van der Waals surface area contributed by atoms with Gasteiger partial charge in [-0.1, -0.05) is 46.8 Å². The lowest BCUT2D eigenvalue weighted by Crippen LogP contribution is -2.54. The summed E-state index contributed by atoms with van der Waals surface area (Å²) in [6, 6.07) is 6.74. The van der Waals surface area contributed by atoms with Gasteiger partial charge < -0.3 is 15.3 Å². The van der Waals surface area contributed by atoms with Gasteiger partial charge in [-0.2, -0.15) is 0 Å². The molecule has 2 amide bonds. The van der Waals surface area contributed by atoms with Gasteiger partial charge >= 0.3 is 5.97 Å². The summed E-state index contributed by atoms with van der Waals surface area (Å²) in [5, 5.41) is 12.1. The molecule has 0 aromatic heterocycles. The van der Waals surface area contributed by atoms with Gasteiger partial charge in [0.25, 0.3) is 5.91 Å². The third kappa shape index (κ3) is 5.33. The van der Waals surface area contributed by atoms with E-state index in [1.54, 1.807) is 17.0 Å². The Bertz CT molecular complexity index is 719. The lowest BCUT2D eigenvalue weighted by Gasteiger charge is -2.34. The van der Waals surface area contributed by atoms with Crippen LogP contribution >= 0.6 is 0 Å². The number of hydrogen-bond acceptors (Lipinski definition) is 3. The van der Waals surface area contributed by atoms with Gasteiger partial charge in [0.15, 0.2) is 0 Å². The van der Waals surface area contributed by atoms with Crippen LogP contribution in [0.5, 0.6) is 0 Å². The van der Waals surface area contributed by atoms with Crippen LogP contribution in [-0.2, 0) is 15.0 Å². The van der Waals surface area contributed by atoms with Crippen molar-refractivity contribution in [2.75, 3.05) is 13.1 Å². The van der Waals surface area contributed by atoms with Crippen molar-refractivity contribution in [2.24, 2.45) is 11.8 Å². The van der Waals surface area contributed by atoms with E-state index in [-0.39, 0.29) is 29.7 Å². The van der Waals surface area contributed by atoms with Crippen molar-refractivity contribution in [1.29, 1.82) is 0 Å². The second kappa shape index (κ2) is 8.76. The number of carbonyl (C=O) groups excluding carboxylic acids is 2. The van der Waals surface area contributed by atoms with E-state index in [1.165, 1.54) is 0 Å². The van der Waals surface area contributed by atoms with Gasteiger partial charge in [-0.15, -0.1) is 0 Å². The number of carboxylic acid groups (broad SMARTS) is 1. The number of rotatable bonds is 5. The van der Waals surface area contributed by atoms with Gasteiger partial charge in [0, 0.05) is 18.7 Å². The van der Waals surface area contributed by atoms with Crippen LogP contribution in [-0.4, -0.2) is 46.9 Å². The van der Waals surface area contributed by atoms with Crippen LogP contribution in [0, 0.1) is 11.8 Å². The Morgan fingerprint density at radius 3 is 2.25 bits per heavy atom. The smallest absolute Gasteiger partial charge is 0.308 e. The fourth-order valence-electron chi connectivity index (χ4n) is 3.44. The topological polar surface area (TPSA) is 86.7 Å². The van der Waals surface area contributed by atoms with E-state index in [9.17, 15) is 19.5 Å². The zero-order valence-electron chi connectivity index (χ0n) is 17.5. The van der Waals surface area contributed by atoms with Crippen molar-refractivity contribution >= 4 is 17.8 Å². The summed E-state index contributed by atoms with van der Waals surface area (Å²) in [6.07, 6.45) is 1.24. The van der Waals surface area contributed by atoms with Crippen LogP contribution in [0.25, 0.3) is 0 Å². The predicted molar refractivity (Wildman–Crippen MR) is 108 cm³/mol. The summed E-state index contributed by atoms with van der Waals surface area (Å²) in [5.41, 5.74) is 1.64. The Labute approximate surface area is 167 Å². The number of benzene rings is 1. The lowest BCUT2D eigenvalue weighted by molar-refractivity contribution is -0.146. The maximum absolute atomic E-state index is 13.0. The number of nitrogens with zero attached hydrogens (tertiary/aromatic N) is 1. The highest BCUT2D eigenvalue weighted by Gasteiger charge is 2.34. The SMILES string of the molecule is CC(C)C(NC(=O)c1ccc(C(C)(C)C)cc1)C(=O)N1CCCC(C(=O)O)C1. The predicted octanol–water partition coefficient (Wildman–Crippen LogP) is 3.06. The second-order valence-electron chi connectivity index (χ2n) is 8.98. The number of nitrogens with one attached hydrogen (secondary N) is 1. The first kappa shape index (κ1) is 21.9. The van der Waals surface area contributed by atoms with Crippen LogP contribution < -0.4 is 5.32 Å². The number of aliphatic carboxylic acids is 1. The largest absolute Gasteiger partial charge is 0.481 e. The number of carbonyl (C=O) groups is 3. The summed E-state index contributed by atoms with van der Waals surface area (Å²) in [5.74, 6) is -2.01. The number of piperidine rings is 1. The number of carboxylic acids is 1. The van der Waals surface area contributed by atoms with Gasteiger partial charge in [-0.25, -0.2) is 0 Å². The van der Waals surface area contributed by atoms with Crippen LogP contribution in [0.3, 0.4) is 0 Å². The molecule has 6 nitrogen and oxygen atoms in total. The molecule has 1 aliphatic heterocycles. The number of hydrogen-bond donors (Lipinski definition) is 2. The van der Waals surface area contributed by atoms with Gasteiger partial charge in [-0.05, 0) is 41.9 Å². The van der Waals surface area contributed by atoms with Gasteiger partial charge in [0.05, 0.1) is 5.92 Å². The van der Waals surface area contributed by atoms with Crippen molar-refractivity contribution in [2.45, 2.75) is 58.9 Å². The third-order valence-corrected chi connectivity index (χ3v) is 5.31. The highest BCUT2D eigenvalue weighted by molar-refractivity contribution is 5.97. The van der Waals surface area contributed by atoms with E-state index in [0.717, 1.165) is 5.56 Å². The number of likely N-dealkylation sites (tertiary alicyclic amines) is 1. The Balaban J connectivity index is 2.10. The first-order valence-electron chi connectivity index (χ1n) is 9.93. The Morgan fingerprint density at radius 2 is 1.75 bits per heavy atom. The molecule has 1 aliphatic rings. The van der Waals surface area contributed by atoms with E-state index in [0.29, 0.717) is 24.9 Å². The molecular weight excluding hydrogens is 356 g/mol. The van der Waals surface area contributed by atoms with Crippen molar-refractivity contribution in [1.82, 2.24) is 10.2 Å². The standard InChI is InChI=1S/C22H32N2O4/c1-14(2)18(20(26)24-12-6-7-16(13-24)21(27)28)23-19(25)15-8-10-17(11-9-15)22(3,4)5/h8-11,14,16,18H,6-7,12-13H2,1-5H3,(H,23,25)(H,27,28). The molecule has 2 N–H and O–H groups in total. The maximum atomic E-state index is 13.0. The van der Waals surface area contributed by atoms with Crippen LogP contribution in [0.4, 0.5) is 0 Å². The first-order chi connectivity index (χ1) is 13.0. The molecule has 1 aromatic rings. The molecule has 28 heavy (non-hydrogen) atoms. The summed E-state index contributed by atoms with van der Waals surface area (Å²) in [7, 11) is 0. The highest BCUT2D eigenvalue weighted by atomic mass is 16.4. The molecule has 6 heteroatoms. The fourth-order valence-corrected chi connectivity index (χ4v) is 3.44. The molecule has 2 unspecified atom stereocenters. The molecule has 0 saturated carbocycles. The summed E-state index contributed by atoms with van der Waals surface area (Å²) in [6.45, 7) is 10.8. The van der Waals surface area contributed by atoms with E-state index in [1.807, 2.05) is 26.0 Å². The molecule has 0 aliphatic carbocycles. The summed E-state index contributed by atoms with van der Waals surface area (Å²) >= 11 is 0. The normalized spacial score (nSPS) is 18.6. The van der Waals surface area contributed by atoms with Crippen molar-refractivity contribution in [3.63, 3.8) is 0 Å². The van der Waals surface area contributed by atoms with Crippen LogP contribution in [0.1, 0.15) is 63.4 Å². The van der Waals surface area contributed by atoms with Crippen LogP contribution in [0.15, 0.2) is 24.3 Å². The zero-order valence-corrected chi connectivity index (χ0v) is 17.5. The third-order valence-electron chi connectivity index (χ3n) is 5.31. The number of amides is 2. The molecule has 2 rings (SSSR count). The Kier molecular flexibility index (Phi) is 6.86.